The lowest BCUT2D eigenvalue weighted by Gasteiger charge is -2.17. The zero-order valence-corrected chi connectivity index (χ0v) is 12.4. The molecule has 0 saturated heterocycles. The Kier molecular flexibility index (Phi) is 5.37. The van der Waals surface area contributed by atoms with Crippen molar-refractivity contribution in [1.82, 2.24) is 5.32 Å². The number of rotatable bonds is 6. The summed E-state index contributed by atoms with van der Waals surface area (Å²) in [6.07, 6.45) is 1.84. The maximum absolute atomic E-state index is 13.1. The van der Waals surface area contributed by atoms with Gasteiger partial charge in [0, 0.05) is 10.9 Å². The molecule has 2 rings (SSSR count). The van der Waals surface area contributed by atoms with Crippen molar-refractivity contribution in [1.29, 1.82) is 0 Å². The van der Waals surface area contributed by atoms with Gasteiger partial charge < -0.3 is 5.32 Å². The van der Waals surface area contributed by atoms with Gasteiger partial charge in [0.15, 0.2) is 0 Å². The standard InChI is InChI=1S/C15H17ClFNS/c1-2-18-12(10-13-4-3-7-19-13)8-11-5-6-15(17)14(16)9-11/h3-7,9,12,18H,2,8,10H2,1H3. The number of likely N-dealkylation sites (N-methyl/N-ethyl adjacent to an activating group) is 1. The Labute approximate surface area is 122 Å². The van der Waals surface area contributed by atoms with Crippen LogP contribution in [0, 0.1) is 5.82 Å². The Morgan fingerprint density at radius 1 is 1.32 bits per heavy atom. The lowest BCUT2D eigenvalue weighted by atomic mass is 10.0. The molecule has 1 aromatic heterocycles. The van der Waals surface area contributed by atoms with Crippen LogP contribution in [0.4, 0.5) is 4.39 Å². The number of thiophene rings is 1. The van der Waals surface area contributed by atoms with Crippen molar-refractivity contribution in [3.63, 3.8) is 0 Å². The van der Waals surface area contributed by atoms with Crippen LogP contribution in [0.1, 0.15) is 17.4 Å². The predicted molar refractivity (Wildman–Crippen MR) is 80.6 cm³/mol. The first-order chi connectivity index (χ1) is 9.19. The molecule has 0 saturated carbocycles. The van der Waals surface area contributed by atoms with Crippen LogP contribution in [0.25, 0.3) is 0 Å². The van der Waals surface area contributed by atoms with Crippen LogP contribution >= 0.6 is 22.9 Å². The summed E-state index contributed by atoms with van der Waals surface area (Å²) in [5.74, 6) is -0.358. The highest BCUT2D eigenvalue weighted by molar-refractivity contribution is 7.09. The van der Waals surface area contributed by atoms with E-state index in [-0.39, 0.29) is 10.8 Å². The first kappa shape index (κ1) is 14.5. The van der Waals surface area contributed by atoms with E-state index in [1.165, 1.54) is 10.9 Å². The molecule has 1 unspecified atom stereocenters. The molecule has 1 heterocycles. The Hall–Kier alpha value is -0.900. The topological polar surface area (TPSA) is 12.0 Å². The number of benzene rings is 1. The van der Waals surface area contributed by atoms with Gasteiger partial charge >= 0.3 is 0 Å². The van der Waals surface area contributed by atoms with E-state index in [2.05, 4.69) is 29.8 Å². The smallest absolute Gasteiger partial charge is 0.141 e. The van der Waals surface area contributed by atoms with Crippen LogP contribution < -0.4 is 5.32 Å². The van der Waals surface area contributed by atoms with Crippen molar-refractivity contribution in [3.05, 3.63) is 57.0 Å². The van der Waals surface area contributed by atoms with E-state index in [1.54, 1.807) is 23.5 Å². The molecule has 0 fully saturated rings. The Balaban J connectivity index is 2.05. The molecule has 1 N–H and O–H groups in total. The van der Waals surface area contributed by atoms with Crippen LogP contribution in [0.3, 0.4) is 0 Å². The molecule has 102 valence electrons. The molecule has 0 amide bonds. The fourth-order valence-corrected chi connectivity index (χ4v) is 3.12. The first-order valence-electron chi connectivity index (χ1n) is 6.38. The van der Waals surface area contributed by atoms with Gasteiger partial charge in [-0.15, -0.1) is 11.3 Å². The van der Waals surface area contributed by atoms with Gasteiger partial charge in [-0.3, -0.25) is 0 Å². The van der Waals surface area contributed by atoms with Gasteiger partial charge in [0.2, 0.25) is 0 Å². The number of hydrogen-bond donors (Lipinski definition) is 1. The summed E-state index contributed by atoms with van der Waals surface area (Å²) < 4.78 is 13.1. The minimum atomic E-state index is -0.358. The molecule has 4 heteroatoms. The zero-order valence-electron chi connectivity index (χ0n) is 10.8. The minimum absolute atomic E-state index is 0.198. The molecule has 0 aliphatic heterocycles. The second-order valence-electron chi connectivity index (χ2n) is 4.49. The fraction of sp³-hybridized carbons (Fsp3) is 0.333. The van der Waals surface area contributed by atoms with Crippen LogP contribution in [0.2, 0.25) is 5.02 Å². The van der Waals surface area contributed by atoms with Gasteiger partial charge in [-0.1, -0.05) is 30.7 Å². The van der Waals surface area contributed by atoms with Crippen LogP contribution in [-0.2, 0) is 12.8 Å². The van der Waals surface area contributed by atoms with Crippen LogP contribution in [-0.4, -0.2) is 12.6 Å². The lowest BCUT2D eigenvalue weighted by molar-refractivity contribution is 0.524. The van der Waals surface area contributed by atoms with Crippen molar-refractivity contribution in [2.75, 3.05) is 6.54 Å². The quantitative estimate of drug-likeness (QED) is 0.838. The third-order valence-electron chi connectivity index (χ3n) is 2.99. The molecule has 0 aliphatic carbocycles. The molecule has 19 heavy (non-hydrogen) atoms. The molecule has 1 nitrogen and oxygen atoms in total. The maximum Gasteiger partial charge on any atom is 0.141 e. The van der Waals surface area contributed by atoms with Gasteiger partial charge in [0.1, 0.15) is 5.82 Å². The Bertz CT molecular complexity index is 513. The van der Waals surface area contributed by atoms with Crippen molar-refractivity contribution in [2.24, 2.45) is 0 Å². The summed E-state index contributed by atoms with van der Waals surface area (Å²) >= 11 is 7.59. The van der Waals surface area contributed by atoms with Gasteiger partial charge in [0.05, 0.1) is 5.02 Å². The zero-order chi connectivity index (χ0) is 13.7. The summed E-state index contributed by atoms with van der Waals surface area (Å²) in [6, 6.07) is 9.52. The van der Waals surface area contributed by atoms with E-state index in [4.69, 9.17) is 11.6 Å². The molecular weight excluding hydrogens is 281 g/mol. The second kappa shape index (κ2) is 7.04. The second-order valence-corrected chi connectivity index (χ2v) is 5.93. The highest BCUT2D eigenvalue weighted by Crippen LogP contribution is 2.19. The number of hydrogen-bond acceptors (Lipinski definition) is 2. The van der Waals surface area contributed by atoms with Crippen molar-refractivity contribution < 1.29 is 4.39 Å². The van der Waals surface area contributed by atoms with E-state index in [9.17, 15) is 4.39 Å². The third-order valence-corrected chi connectivity index (χ3v) is 4.17. The lowest BCUT2D eigenvalue weighted by Crippen LogP contribution is -2.32. The van der Waals surface area contributed by atoms with Gasteiger partial charge in [-0.2, -0.15) is 0 Å². The largest absolute Gasteiger partial charge is 0.314 e. The van der Waals surface area contributed by atoms with Crippen molar-refractivity contribution in [3.8, 4) is 0 Å². The summed E-state index contributed by atoms with van der Waals surface area (Å²) in [6.45, 7) is 3.02. The summed E-state index contributed by atoms with van der Waals surface area (Å²) in [7, 11) is 0. The van der Waals surface area contributed by atoms with E-state index < -0.39 is 0 Å². The van der Waals surface area contributed by atoms with Gasteiger partial charge in [0.25, 0.3) is 0 Å². The SMILES string of the molecule is CCNC(Cc1ccc(F)c(Cl)c1)Cc1cccs1. The third kappa shape index (κ3) is 4.30. The molecule has 0 spiro atoms. The summed E-state index contributed by atoms with van der Waals surface area (Å²) in [5, 5.41) is 5.76. The highest BCUT2D eigenvalue weighted by Gasteiger charge is 2.11. The van der Waals surface area contributed by atoms with E-state index in [0.717, 1.165) is 24.9 Å². The van der Waals surface area contributed by atoms with Crippen LogP contribution in [0.15, 0.2) is 35.7 Å². The van der Waals surface area contributed by atoms with Crippen molar-refractivity contribution >= 4 is 22.9 Å². The number of halogens is 2. The molecule has 0 bridgehead atoms. The normalized spacial score (nSPS) is 12.6. The average Bonchev–Trinajstić information content (AvgIpc) is 2.87. The Morgan fingerprint density at radius 3 is 2.79 bits per heavy atom. The fourth-order valence-electron chi connectivity index (χ4n) is 2.13. The Morgan fingerprint density at radius 2 is 2.16 bits per heavy atom. The molecule has 1 aromatic carbocycles. The molecule has 0 aliphatic rings. The monoisotopic (exact) mass is 297 g/mol. The maximum atomic E-state index is 13.1. The predicted octanol–water partition coefficient (Wildman–Crippen LogP) is 4.30. The number of nitrogens with one attached hydrogen (secondary N) is 1. The van der Waals surface area contributed by atoms with Gasteiger partial charge in [-0.25, -0.2) is 4.39 Å². The summed E-state index contributed by atoms with van der Waals surface area (Å²) in [4.78, 5) is 1.36. The molecule has 1 atom stereocenters. The molecule has 0 radical (unpaired) electrons. The molecular formula is C15H17ClFNS. The van der Waals surface area contributed by atoms with Gasteiger partial charge in [-0.05, 0) is 48.5 Å². The van der Waals surface area contributed by atoms with E-state index >= 15 is 0 Å². The first-order valence-corrected chi connectivity index (χ1v) is 7.64. The van der Waals surface area contributed by atoms with E-state index in [0.29, 0.717) is 6.04 Å². The molecule has 2 aromatic rings. The van der Waals surface area contributed by atoms with E-state index in [1.807, 2.05) is 0 Å². The highest BCUT2D eigenvalue weighted by atomic mass is 35.5. The van der Waals surface area contributed by atoms with Crippen LogP contribution in [0.5, 0.6) is 0 Å². The average molecular weight is 298 g/mol. The minimum Gasteiger partial charge on any atom is -0.314 e. The van der Waals surface area contributed by atoms with Crippen molar-refractivity contribution in [2.45, 2.75) is 25.8 Å². The summed E-state index contributed by atoms with van der Waals surface area (Å²) in [5.41, 5.74) is 1.06.